The van der Waals surface area contributed by atoms with Gasteiger partial charge in [0.25, 0.3) is 0 Å². The van der Waals surface area contributed by atoms with E-state index >= 15 is 0 Å². The van der Waals surface area contributed by atoms with E-state index in [1.807, 2.05) is 0 Å². The summed E-state index contributed by atoms with van der Waals surface area (Å²) in [5.74, 6) is -0.177. The minimum atomic E-state index is -0.177. The van der Waals surface area contributed by atoms with Gasteiger partial charge in [-0.05, 0) is 27.7 Å². The van der Waals surface area contributed by atoms with E-state index in [2.05, 4.69) is 33.0 Å². The molecule has 89 valence electrons. The summed E-state index contributed by atoms with van der Waals surface area (Å²) < 4.78 is 5.28. The second-order valence-electron chi connectivity index (χ2n) is 5.53. The molecule has 0 unspecified atom stereocenters. The number of rotatable bonds is 1. The standard InChI is InChI=1S/C11H21NO2.Mn/c1-8(13)14-9-6-10(2,3)12-11(4,5)7-9;/h9,12H,6-7H2,1-5H3;. The van der Waals surface area contributed by atoms with Crippen LogP contribution in [0.1, 0.15) is 47.5 Å². The van der Waals surface area contributed by atoms with Crippen molar-refractivity contribution in [2.75, 3.05) is 0 Å². The molecule has 15 heavy (non-hydrogen) atoms. The van der Waals surface area contributed by atoms with Crippen LogP contribution >= 0.6 is 0 Å². The Balaban J connectivity index is 0.00000196. The molecule has 0 aromatic carbocycles. The van der Waals surface area contributed by atoms with Crippen LogP contribution in [0.25, 0.3) is 0 Å². The number of ether oxygens (including phenoxy) is 1. The van der Waals surface area contributed by atoms with Crippen LogP contribution in [0.15, 0.2) is 0 Å². The van der Waals surface area contributed by atoms with Gasteiger partial charge >= 0.3 is 5.97 Å². The molecule has 0 atom stereocenters. The third-order valence-corrected chi connectivity index (χ3v) is 2.49. The van der Waals surface area contributed by atoms with Crippen molar-refractivity contribution >= 4 is 5.97 Å². The maximum atomic E-state index is 10.9. The fourth-order valence-electron chi connectivity index (χ4n) is 2.55. The van der Waals surface area contributed by atoms with Crippen LogP contribution in [0.4, 0.5) is 0 Å². The summed E-state index contributed by atoms with van der Waals surface area (Å²) in [6.45, 7) is 10.0. The van der Waals surface area contributed by atoms with E-state index in [1.165, 1.54) is 6.92 Å². The molecule has 0 amide bonds. The molecule has 0 saturated carbocycles. The molecule has 1 fully saturated rings. The Morgan fingerprint density at radius 2 is 1.60 bits per heavy atom. The van der Waals surface area contributed by atoms with Crippen molar-refractivity contribution in [2.45, 2.75) is 64.6 Å². The first-order valence-corrected chi connectivity index (χ1v) is 5.17. The van der Waals surface area contributed by atoms with Crippen LogP contribution in [-0.4, -0.2) is 23.2 Å². The average molecular weight is 254 g/mol. The summed E-state index contributed by atoms with van der Waals surface area (Å²) in [5.41, 5.74) is 0.0870. The summed E-state index contributed by atoms with van der Waals surface area (Å²) in [5, 5.41) is 3.54. The van der Waals surface area contributed by atoms with Gasteiger partial charge in [0.1, 0.15) is 6.10 Å². The first-order valence-electron chi connectivity index (χ1n) is 5.17. The molecule has 1 rings (SSSR count). The van der Waals surface area contributed by atoms with Crippen molar-refractivity contribution in [3.8, 4) is 0 Å². The molecular weight excluding hydrogens is 233 g/mol. The molecule has 0 spiro atoms. The van der Waals surface area contributed by atoms with Crippen LogP contribution in [0.3, 0.4) is 0 Å². The smallest absolute Gasteiger partial charge is 0.302 e. The average Bonchev–Trinajstić information content (AvgIpc) is 1.74. The van der Waals surface area contributed by atoms with Gasteiger partial charge in [-0.25, -0.2) is 0 Å². The van der Waals surface area contributed by atoms with Gasteiger partial charge < -0.3 is 10.1 Å². The largest absolute Gasteiger partial charge is 0.462 e. The van der Waals surface area contributed by atoms with Gasteiger partial charge in [-0.1, -0.05) is 0 Å². The van der Waals surface area contributed by atoms with Gasteiger partial charge in [0.2, 0.25) is 0 Å². The molecule has 0 aromatic heterocycles. The Morgan fingerprint density at radius 3 is 1.93 bits per heavy atom. The minimum Gasteiger partial charge on any atom is -0.462 e. The summed E-state index contributed by atoms with van der Waals surface area (Å²) in [6.07, 6.45) is 1.82. The summed E-state index contributed by atoms with van der Waals surface area (Å²) in [6, 6.07) is 0. The minimum absolute atomic E-state index is 0. The SMILES string of the molecule is CC(=O)OC1CC(C)(C)NC(C)(C)C1.[Mn]. The molecule has 1 heterocycles. The third kappa shape index (κ3) is 5.00. The maximum absolute atomic E-state index is 10.9. The number of hydrogen-bond acceptors (Lipinski definition) is 3. The van der Waals surface area contributed by atoms with E-state index in [9.17, 15) is 4.79 Å². The normalized spacial score (nSPS) is 24.1. The van der Waals surface area contributed by atoms with Gasteiger partial charge in [0.05, 0.1) is 0 Å². The van der Waals surface area contributed by atoms with Crippen LogP contribution in [0, 0.1) is 0 Å². The molecule has 1 radical (unpaired) electrons. The van der Waals surface area contributed by atoms with Crippen LogP contribution in [0.5, 0.6) is 0 Å². The Labute approximate surface area is 103 Å². The fraction of sp³-hybridized carbons (Fsp3) is 0.909. The van der Waals surface area contributed by atoms with Crippen molar-refractivity contribution in [2.24, 2.45) is 0 Å². The van der Waals surface area contributed by atoms with Crippen molar-refractivity contribution in [1.29, 1.82) is 0 Å². The summed E-state index contributed by atoms with van der Waals surface area (Å²) >= 11 is 0. The summed E-state index contributed by atoms with van der Waals surface area (Å²) in [4.78, 5) is 10.9. The van der Waals surface area contributed by atoms with E-state index in [1.54, 1.807) is 0 Å². The van der Waals surface area contributed by atoms with Crippen LogP contribution in [-0.2, 0) is 26.6 Å². The molecule has 0 aliphatic carbocycles. The number of carbonyl (C=O) groups excluding carboxylic acids is 1. The zero-order chi connectivity index (χ0) is 11.0. The predicted octanol–water partition coefficient (Wildman–Crippen LogP) is 1.86. The molecule has 4 heteroatoms. The van der Waals surface area contributed by atoms with Crippen molar-refractivity contribution in [1.82, 2.24) is 5.32 Å². The van der Waals surface area contributed by atoms with Gasteiger partial charge in [-0.15, -0.1) is 0 Å². The Morgan fingerprint density at radius 1 is 1.20 bits per heavy atom. The maximum Gasteiger partial charge on any atom is 0.302 e. The van der Waals surface area contributed by atoms with Crippen molar-refractivity contribution in [3.05, 3.63) is 0 Å². The second kappa shape index (κ2) is 4.86. The van der Waals surface area contributed by atoms with E-state index in [0.717, 1.165) is 12.8 Å². The first-order chi connectivity index (χ1) is 6.20. The topological polar surface area (TPSA) is 38.3 Å². The molecular formula is C11H21MnNO2. The monoisotopic (exact) mass is 254 g/mol. The molecule has 1 aliphatic heterocycles. The molecule has 1 aliphatic rings. The van der Waals surface area contributed by atoms with Gasteiger partial charge in [0.15, 0.2) is 0 Å². The number of carbonyl (C=O) groups is 1. The molecule has 0 aromatic rings. The number of piperidine rings is 1. The van der Waals surface area contributed by atoms with Crippen LogP contribution < -0.4 is 5.32 Å². The molecule has 0 bridgehead atoms. The Kier molecular flexibility index (Phi) is 4.84. The second-order valence-corrected chi connectivity index (χ2v) is 5.53. The zero-order valence-electron chi connectivity index (χ0n) is 10.2. The predicted molar refractivity (Wildman–Crippen MR) is 56.1 cm³/mol. The molecule has 3 nitrogen and oxygen atoms in total. The Hall–Kier alpha value is -0.0505. The van der Waals surface area contributed by atoms with E-state index in [4.69, 9.17) is 4.74 Å². The first kappa shape index (κ1) is 14.9. The third-order valence-electron chi connectivity index (χ3n) is 2.49. The van der Waals surface area contributed by atoms with Gasteiger partial charge in [0, 0.05) is 47.9 Å². The van der Waals surface area contributed by atoms with Crippen LogP contribution in [0.2, 0.25) is 0 Å². The number of hydrogen-bond donors (Lipinski definition) is 1. The molecule has 1 saturated heterocycles. The van der Waals surface area contributed by atoms with Crippen molar-refractivity contribution < 1.29 is 26.6 Å². The number of esters is 1. The van der Waals surface area contributed by atoms with Gasteiger partial charge in [-0.2, -0.15) is 0 Å². The van der Waals surface area contributed by atoms with E-state index < -0.39 is 0 Å². The molecule has 1 N–H and O–H groups in total. The summed E-state index contributed by atoms with van der Waals surface area (Å²) in [7, 11) is 0. The number of nitrogens with one attached hydrogen (secondary N) is 1. The van der Waals surface area contributed by atoms with E-state index in [0.29, 0.717) is 0 Å². The fourth-order valence-corrected chi connectivity index (χ4v) is 2.55. The van der Waals surface area contributed by atoms with Crippen molar-refractivity contribution in [3.63, 3.8) is 0 Å². The quantitative estimate of drug-likeness (QED) is 0.573. The Bertz CT molecular complexity index is 223. The zero-order valence-corrected chi connectivity index (χ0v) is 11.4. The van der Waals surface area contributed by atoms with Gasteiger partial charge in [-0.3, -0.25) is 4.79 Å². The van der Waals surface area contributed by atoms with E-state index in [-0.39, 0.29) is 40.2 Å².